The van der Waals surface area contributed by atoms with E-state index in [0.717, 1.165) is 31.9 Å². The van der Waals surface area contributed by atoms with Crippen LogP contribution < -0.4 is 10.1 Å². The van der Waals surface area contributed by atoms with E-state index in [0.29, 0.717) is 16.9 Å². The number of carbonyl (C=O) groups excluding carboxylic acids is 5. The number of amides is 1. The molecule has 1 amide bonds. The zero-order chi connectivity index (χ0) is 32.7. The van der Waals surface area contributed by atoms with Crippen LogP contribution in [0.25, 0.3) is 11.1 Å². The molecular weight excluding hydrogens is 574 g/mol. The Morgan fingerprint density at radius 1 is 0.773 bits per heavy atom. The molecule has 12 nitrogen and oxygen atoms in total. The molecule has 1 heterocycles. The maximum absolute atomic E-state index is 12.2. The van der Waals surface area contributed by atoms with E-state index in [9.17, 15) is 24.0 Å². The van der Waals surface area contributed by atoms with Gasteiger partial charge in [-0.05, 0) is 53.8 Å². The number of rotatable bonds is 10. The van der Waals surface area contributed by atoms with Gasteiger partial charge in [-0.2, -0.15) is 0 Å². The lowest BCUT2D eigenvalue weighted by atomic mass is 9.89. The molecule has 0 aliphatic carbocycles. The van der Waals surface area contributed by atoms with Crippen LogP contribution in [0.5, 0.6) is 5.75 Å². The van der Waals surface area contributed by atoms with Crippen molar-refractivity contribution < 1.29 is 52.4 Å². The van der Waals surface area contributed by atoms with E-state index >= 15 is 0 Å². The summed E-state index contributed by atoms with van der Waals surface area (Å²) in [6, 6.07) is 12.4. The third-order valence-corrected chi connectivity index (χ3v) is 6.82. The van der Waals surface area contributed by atoms with Gasteiger partial charge in [0.05, 0.1) is 0 Å². The first-order valence-electron chi connectivity index (χ1n) is 14.2. The fourth-order valence-electron chi connectivity index (χ4n) is 5.01. The molecule has 1 saturated heterocycles. The largest absolute Gasteiger partial charge is 0.460 e. The molecule has 0 radical (unpaired) electrons. The highest BCUT2D eigenvalue weighted by molar-refractivity contribution is 5.95. The SMILES string of the molecule is CNC(=O)c1cccc(-c2ccc(OC3OC(C(OC(C)=O)C(C)C)C(OC(C)=O)C(OC(C)=O)C3OC(C)=O)c(C)c2)c1. The zero-order valence-electron chi connectivity index (χ0n) is 26.1. The fourth-order valence-corrected chi connectivity index (χ4v) is 5.01. The van der Waals surface area contributed by atoms with E-state index in [1.165, 1.54) is 6.92 Å². The summed E-state index contributed by atoms with van der Waals surface area (Å²) >= 11 is 0. The average Bonchev–Trinajstić information content (AvgIpc) is 2.94. The molecular formula is C32H39NO11. The van der Waals surface area contributed by atoms with Crippen LogP contribution in [0.4, 0.5) is 0 Å². The molecule has 2 aromatic carbocycles. The van der Waals surface area contributed by atoms with Crippen LogP contribution in [0.2, 0.25) is 0 Å². The van der Waals surface area contributed by atoms with Gasteiger partial charge in [-0.3, -0.25) is 24.0 Å². The van der Waals surface area contributed by atoms with E-state index in [1.54, 1.807) is 58.2 Å². The van der Waals surface area contributed by atoms with E-state index in [2.05, 4.69) is 5.32 Å². The fraction of sp³-hybridized carbons (Fsp3) is 0.469. The Kier molecular flexibility index (Phi) is 11.5. The Balaban J connectivity index is 2.07. The summed E-state index contributed by atoms with van der Waals surface area (Å²) in [4.78, 5) is 60.8. The molecule has 0 spiro atoms. The van der Waals surface area contributed by atoms with Crippen molar-refractivity contribution in [1.82, 2.24) is 5.32 Å². The second-order valence-corrected chi connectivity index (χ2v) is 10.8. The van der Waals surface area contributed by atoms with Crippen molar-refractivity contribution in [2.45, 2.75) is 85.3 Å². The lowest BCUT2D eigenvalue weighted by Gasteiger charge is -2.46. The molecule has 1 fully saturated rings. The summed E-state index contributed by atoms with van der Waals surface area (Å²) < 4.78 is 34.8. The van der Waals surface area contributed by atoms with Crippen LogP contribution in [0.1, 0.15) is 57.5 Å². The van der Waals surface area contributed by atoms with Crippen molar-refractivity contribution in [3.05, 3.63) is 53.6 Å². The lowest BCUT2D eigenvalue weighted by molar-refractivity contribution is -0.300. The zero-order valence-corrected chi connectivity index (χ0v) is 26.1. The molecule has 1 N–H and O–H groups in total. The van der Waals surface area contributed by atoms with Gasteiger partial charge in [0.15, 0.2) is 12.2 Å². The predicted molar refractivity (Wildman–Crippen MR) is 156 cm³/mol. The van der Waals surface area contributed by atoms with Crippen LogP contribution in [0.3, 0.4) is 0 Å². The molecule has 1 aliphatic rings. The number of ether oxygens (including phenoxy) is 6. The molecule has 3 rings (SSSR count). The smallest absolute Gasteiger partial charge is 0.303 e. The Bertz CT molecular complexity index is 1390. The Hall–Kier alpha value is -4.45. The van der Waals surface area contributed by atoms with Gasteiger partial charge in [-0.15, -0.1) is 0 Å². The van der Waals surface area contributed by atoms with E-state index in [-0.39, 0.29) is 11.8 Å². The van der Waals surface area contributed by atoms with E-state index < -0.39 is 60.7 Å². The van der Waals surface area contributed by atoms with Crippen molar-refractivity contribution >= 4 is 29.8 Å². The van der Waals surface area contributed by atoms with Gasteiger partial charge in [0.1, 0.15) is 18.0 Å². The molecule has 12 heteroatoms. The maximum atomic E-state index is 12.2. The Morgan fingerprint density at radius 3 is 1.91 bits per heavy atom. The number of nitrogens with one attached hydrogen (secondary N) is 1. The number of hydrogen-bond donors (Lipinski definition) is 1. The van der Waals surface area contributed by atoms with Crippen LogP contribution in [-0.2, 0) is 42.9 Å². The number of carbonyl (C=O) groups is 5. The van der Waals surface area contributed by atoms with Crippen LogP contribution in [0, 0.1) is 12.8 Å². The molecule has 2 aromatic rings. The summed E-state index contributed by atoms with van der Waals surface area (Å²) in [6.45, 7) is 10.1. The Morgan fingerprint density at radius 2 is 1.36 bits per heavy atom. The average molecular weight is 614 g/mol. The van der Waals surface area contributed by atoms with Gasteiger partial charge in [-0.25, -0.2) is 0 Å². The van der Waals surface area contributed by atoms with Gasteiger partial charge in [0, 0.05) is 40.3 Å². The summed E-state index contributed by atoms with van der Waals surface area (Å²) in [6.07, 6.45) is -7.56. The van der Waals surface area contributed by atoms with Crippen molar-refractivity contribution in [2.24, 2.45) is 5.92 Å². The monoisotopic (exact) mass is 613 g/mol. The standard InChI is InChI=1S/C32H39NO11/c1-16(2)26(39-18(4)34)27-28(40-19(5)35)29(41-20(6)36)30(42-21(7)37)32(44-27)43-25-13-12-23(14-17(25)3)22-10-9-11-24(15-22)31(38)33-8/h9-16,26-30,32H,1-8H3,(H,33,38). The van der Waals surface area contributed by atoms with Gasteiger partial charge in [0.25, 0.3) is 5.91 Å². The predicted octanol–water partition coefficient (Wildman–Crippen LogP) is 3.51. The third-order valence-electron chi connectivity index (χ3n) is 6.82. The second kappa shape index (κ2) is 14.8. The number of esters is 4. The highest BCUT2D eigenvalue weighted by atomic mass is 16.7. The number of aryl methyl sites for hydroxylation is 1. The lowest BCUT2D eigenvalue weighted by Crippen LogP contribution is -2.66. The van der Waals surface area contributed by atoms with E-state index in [4.69, 9.17) is 28.4 Å². The van der Waals surface area contributed by atoms with Crippen LogP contribution in [-0.4, -0.2) is 73.6 Å². The van der Waals surface area contributed by atoms with Gasteiger partial charge >= 0.3 is 23.9 Å². The normalized spacial score (nSPS) is 21.9. The van der Waals surface area contributed by atoms with Gasteiger partial charge in [-0.1, -0.05) is 32.0 Å². The van der Waals surface area contributed by atoms with Gasteiger partial charge in [0.2, 0.25) is 12.4 Å². The summed E-state index contributed by atoms with van der Waals surface area (Å²) in [5, 5.41) is 2.61. The molecule has 6 atom stereocenters. The molecule has 0 bridgehead atoms. The molecule has 6 unspecified atom stereocenters. The third kappa shape index (κ3) is 8.56. The van der Waals surface area contributed by atoms with Crippen molar-refractivity contribution in [2.75, 3.05) is 7.05 Å². The second-order valence-electron chi connectivity index (χ2n) is 10.8. The molecule has 44 heavy (non-hydrogen) atoms. The first-order valence-corrected chi connectivity index (χ1v) is 14.2. The molecule has 0 aromatic heterocycles. The van der Waals surface area contributed by atoms with E-state index in [1.807, 2.05) is 12.1 Å². The first kappa shape index (κ1) is 34.0. The van der Waals surface area contributed by atoms with Crippen LogP contribution in [0.15, 0.2) is 42.5 Å². The van der Waals surface area contributed by atoms with Gasteiger partial charge < -0.3 is 33.7 Å². The minimum absolute atomic E-state index is 0.216. The maximum Gasteiger partial charge on any atom is 0.303 e. The van der Waals surface area contributed by atoms with Crippen molar-refractivity contribution in [3.8, 4) is 16.9 Å². The van der Waals surface area contributed by atoms with Crippen molar-refractivity contribution in [3.63, 3.8) is 0 Å². The quantitative estimate of drug-likeness (QED) is 0.309. The summed E-state index contributed by atoms with van der Waals surface area (Å²) in [7, 11) is 1.56. The summed E-state index contributed by atoms with van der Waals surface area (Å²) in [5.41, 5.74) is 2.77. The van der Waals surface area contributed by atoms with Crippen molar-refractivity contribution in [1.29, 1.82) is 0 Å². The highest BCUT2D eigenvalue weighted by Crippen LogP contribution is 2.36. The van der Waals surface area contributed by atoms with Crippen LogP contribution >= 0.6 is 0 Å². The summed E-state index contributed by atoms with van der Waals surface area (Å²) in [5.74, 6) is -3.00. The number of benzene rings is 2. The minimum atomic E-state index is -1.38. The molecule has 238 valence electrons. The minimum Gasteiger partial charge on any atom is -0.460 e. The molecule has 0 saturated carbocycles. The topological polar surface area (TPSA) is 153 Å². The number of hydrogen-bond acceptors (Lipinski definition) is 11. The Labute approximate surface area is 256 Å². The first-order chi connectivity index (χ1) is 20.7. The molecule has 1 aliphatic heterocycles. The highest BCUT2D eigenvalue weighted by Gasteiger charge is 2.56.